The van der Waals surface area contributed by atoms with Crippen LogP contribution < -0.4 is 5.32 Å². The molecule has 0 bridgehead atoms. The monoisotopic (exact) mass is 219 g/mol. The van der Waals surface area contributed by atoms with Gasteiger partial charge >= 0.3 is 5.97 Å². The Bertz CT molecular complexity index is 440. The normalized spacial score (nSPS) is 13.2. The summed E-state index contributed by atoms with van der Waals surface area (Å²) in [7, 11) is 0. The first-order chi connectivity index (χ1) is 7.66. The molecule has 0 saturated heterocycles. The predicted octanol–water partition coefficient (Wildman–Crippen LogP) is 1.29. The van der Waals surface area contributed by atoms with Crippen molar-refractivity contribution in [1.29, 1.82) is 0 Å². The molecule has 0 saturated carbocycles. The van der Waals surface area contributed by atoms with Crippen molar-refractivity contribution in [2.45, 2.75) is 19.8 Å². The van der Waals surface area contributed by atoms with Gasteiger partial charge in [0.25, 0.3) is 0 Å². The zero-order valence-electron chi connectivity index (χ0n) is 9.08. The number of nitrogens with one attached hydrogen (secondary N) is 1. The van der Waals surface area contributed by atoms with E-state index in [1.807, 2.05) is 18.2 Å². The van der Waals surface area contributed by atoms with Gasteiger partial charge in [0.05, 0.1) is 13.0 Å². The number of carbonyl (C=O) groups excluding carboxylic acids is 2. The minimum atomic E-state index is -0.276. The molecule has 1 heterocycles. The van der Waals surface area contributed by atoms with Crippen LogP contribution in [0.15, 0.2) is 18.2 Å². The molecule has 1 aliphatic heterocycles. The number of esters is 1. The summed E-state index contributed by atoms with van der Waals surface area (Å²) in [6, 6.07) is 5.74. The molecule has 0 spiro atoms. The largest absolute Gasteiger partial charge is 0.466 e. The van der Waals surface area contributed by atoms with Gasteiger partial charge in [0.1, 0.15) is 0 Å². The number of ether oxygens (including phenoxy) is 1. The lowest BCUT2D eigenvalue weighted by Gasteiger charge is -2.06. The van der Waals surface area contributed by atoms with E-state index in [2.05, 4.69) is 5.32 Å². The van der Waals surface area contributed by atoms with Crippen molar-refractivity contribution >= 4 is 17.6 Å². The lowest BCUT2D eigenvalue weighted by Crippen LogP contribution is -2.05. The van der Waals surface area contributed by atoms with Crippen molar-refractivity contribution in [2.75, 3.05) is 11.9 Å². The zero-order chi connectivity index (χ0) is 11.5. The van der Waals surface area contributed by atoms with E-state index in [-0.39, 0.29) is 11.9 Å². The topological polar surface area (TPSA) is 55.4 Å². The lowest BCUT2D eigenvalue weighted by molar-refractivity contribution is -0.140. The molecular weight excluding hydrogens is 206 g/mol. The molecule has 1 aliphatic rings. The maximum atomic E-state index is 11.2. The van der Waals surface area contributed by atoms with E-state index >= 15 is 0 Å². The number of rotatable bonds is 3. The maximum Gasteiger partial charge on any atom is 0.302 e. The van der Waals surface area contributed by atoms with Gasteiger partial charge in [-0.2, -0.15) is 0 Å². The second-order valence-corrected chi connectivity index (χ2v) is 3.76. The summed E-state index contributed by atoms with van der Waals surface area (Å²) in [6.45, 7) is 1.75. The van der Waals surface area contributed by atoms with Gasteiger partial charge in [-0.3, -0.25) is 9.59 Å². The number of anilines is 1. The van der Waals surface area contributed by atoms with Crippen LogP contribution in [-0.4, -0.2) is 18.5 Å². The Morgan fingerprint density at radius 1 is 1.50 bits per heavy atom. The molecule has 4 heteroatoms. The summed E-state index contributed by atoms with van der Waals surface area (Å²) in [5.41, 5.74) is 2.97. The van der Waals surface area contributed by atoms with Gasteiger partial charge in [-0.1, -0.05) is 12.1 Å². The molecule has 1 aromatic carbocycles. The molecule has 0 atom stereocenters. The first-order valence-corrected chi connectivity index (χ1v) is 5.21. The Balaban J connectivity index is 2.08. The van der Waals surface area contributed by atoms with Gasteiger partial charge in [-0.05, 0) is 17.2 Å². The van der Waals surface area contributed by atoms with Crippen molar-refractivity contribution in [3.05, 3.63) is 29.3 Å². The van der Waals surface area contributed by atoms with Crippen LogP contribution in [0.4, 0.5) is 5.69 Å². The van der Waals surface area contributed by atoms with Gasteiger partial charge < -0.3 is 10.1 Å². The fraction of sp³-hybridized carbons (Fsp3) is 0.333. The highest BCUT2D eigenvalue weighted by Gasteiger charge is 2.19. The second kappa shape index (κ2) is 4.35. The molecule has 84 valence electrons. The van der Waals surface area contributed by atoms with E-state index in [0.717, 1.165) is 16.8 Å². The number of hydrogen-bond acceptors (Lipinski definition) is 3. The molecule has 1 N–H and O–H groups in total. The average molecular weight is 219 g/mol. The Morgan fingerprint density at radius 2 is 2.31 bits per heavy atom. The minimum Gasteiger partial charge on any atom is -0.466 e. The second-order valence-electron chi connectivity index (χ2n) is 3.76. The first kappa shape index (κ1) is 10.7. The molecule has 2 rings (SSSR count). The van der Waals surface area contributed by atoms with E-state index in [4.69, 9.17) is 4.74 Å². The van der Waals surface area contributed by atoms with Gasteiger partial charge in [0.2, 0.25) is 5.91 Å². The Labute approximate surface area is 93.6 Å². The van der Waals surface area contributed by atoms with Crippen molar-refractivity contribution in [1.82, 2.24) is 0 Å². The maximum absolute atomic E-state index is 11.2. The van der Waals surface area contributed by atoms with Crippen LogP contribution in [0.1, 0.15) is 18.1 Å². The summed E-state index contributed by atoms with van der Waals surface area (Å²) < 4.78 is 4.89. The Morgan fingerprint density at radius 3 is 3.06 bits per heavy atom. The minimum absolute atomic E-state index is 0.0231. The van der Waals surface area contributed by atoms with Crippen LogP contribution in [-0.2, 0) is 27.2 Å². The van der Waals surface area contributed by atoms with Crippen LogP contribution in [0.25, 0.3) is 0 Å². The van der Waals surface area contributed by atoms with Gasteiger partial charge in [-0.25, -0.2) is 0 Å². The van der Waals surface area contributed by atoms with Crippen molar-refractivity contribution in [2.24, 2.45) is 0 Å². The summed E-state index contributed by atoms with van der Waals surface area (Å²) in [5, 5.41) is 2.79. The average Bonchev–Trinajstić information content (AvgIpc) is 2.58. The smallest absolute Gasteiger partial charge is 0.302 e. The Kier molecular flexibility index (Phi) is 2.90. The first-order valence-electron chi connectivity index (χ1n) is 5.21. The molecule has 1 amide bonds. The fourth-order valence-corrected chi connectivity index (χ4v) is 1.85. The van der Waals surface area contributed by atoms with E-state index in [0.29, 0.717) is 19.4 Å². The number of fused-ring (bicyclic) bond motifs is 1. The molecule has 0 aliphatic carbocycles. The predicted molar refractivity (Wildman–Crippen MR) is 59.1 cm³/mol. The number of benzene rings is 1. The molecule has 0 radical (unpaired) electrons. The third kappa shape index (κ3) is 2.21. The SMILES string of the molecule is CC(=O)OCCc1cccc2c1CC(=O)N2. The van der Waals surface area contributed by atoms with E-state index < -0.39 is 0 Å². The van der Waals surface area contributed by atoms with Crippen LogP contribution in [0.3, 0.4) is 0 Å². The molecule has 0 aromatic heterocycles. The molecule has 0 unspecified atom stereocenters. The molecule has 16 heavy (non-hydrogen) atoms. The summed E-state index contributed by atoms with van der Waals surface area (Å²) >= 11 is 0. The number of hydrogen-bond donors (Lipinski definition) is 1. The summed E-state index contributed by atoms with van der Waals surface area (Å²) in [6.07, 6.45) is 1.07. The van der Waals surface area contributed by atoms with Gasteiger partial charge in [0.15, 0.2) is 0 Å². The number of amides is 1. The van der Waals surface area contributed by atoms with E-state index in [1.54, 1.807) is 0 Å². The highest BCUT2D eigenvalue weighted by atomic mass is 16.5. The van der Waals surface area contributed by atoms with Crippen LogP contribution in [0.2, 0.25) is 0 Å². The molecule has 4 nitrogen and oxygen atoms in total. The zero-order valence-corrected chi connectivity index (χ0v) is 9.08. The van der Waals surface area contributed by atoms with Crippen LogP contribution >= 0.6 is 0 Å². The van der Waals surface area contributed by atoms with E-state index in [9.17, 15) is 9.59 Å². The van der Waals surface area contributed by atoms with Crippen molar-refractivity contribution < 1.29 is 14.3 Å². The third-order valence-electron chi connectivity index (χ3n) is 2.56. The van der Waals surface area contributed by atoms with Crippen LogP contribution in [0, 0.1) is 0 Å². The van der Waals surface area contributed by atoms with Crippen molar-refractivity contribution in [3.63, 3.8) is 0 Å². The highest BCUT2D eigenvalue weighted by Crippen LogP contribution is 2.26. The number of carbonyl (C=O) groups is 2. The fourth-order valence-electron chi connectivity index (χ4n) is 1.85. The van der Waals surface area contributed by atoms with Crippen LogP contribution in [0.5, 0.6) is 0 Å². The quantitative estimate of drug-likeness (QED) is 0.779. The lowest BCUT2D eigenvalue weighted by atomic mass is 10.0. The molecule has 1 aromatic rings. The van der Waals surface area contributed by atoms with Gasteiger partial charge in [0, 0.05) is 19.0 Å². The summed E-state index contributed by atoms with van der Waals surface area (Å²) in [5.74, 6) is -0.253. The molecular formula is C12H13NO3. The molecule has 0 fully saturated rings. The Hall–Kier alpha value is -1.84. The van der Waals surface area contributed by atoms with Crippen molar-refractivity contribution in [3.8, 4) is 0 Å². The standard InChI is InChI=1S/C12H13NO3/c1-8(14)16-6-5-9-3-2-4-11-10(9)7-12(15)13-11/h2-4H,5-7H2,1H3,(H,13,15). The third-order valence-corrected chi connectivity index (χ3v) is 2.56. The summed E-state index contributed by atoms with van der Waals surface area (Å²) in [4.78, 5) is 21.9. The highest BCUT2D eigenvalue weighted by molar-refractivity contribution is 5.99. The van der Waals surface area contributed by atoms with E-state index in [1.165, 1.54) is 6.92 Å². The van der Waals surface area contributed by atoms with Gasteiger partial charge in [-0.15, -0.1) is 0 Å².